The van der Waals surface area contributed by atoms with Crippen LogP contribution in [0.4, 0.5) is 13.2 Å². The van der Waals surface area contributed by atoms with E-state index in [4.69, 9.17) is 0 Å². The van der Waals surface area contributed by atoms with Crippen LogP contribution in [-0.4, -0.2) is 6.36 Å². The zero-order valence-corrected chi connectivity index (χ0v) is 7.82. The van der Waals surface area contributed by atoms with Crippen LogP contribution in [0.1, 0.15) is 13.3 Å². The van der Waals surface area contributed by atoms with Crippen LogP contribution in [0.2, 0.25) is 0 Å². The number of rotatable bonds is 1. The van der Waals surface area contributed by atoms with Crippen molar-refractivity contribution in [3.63, 3.8) is 0 Å². The van der Waals surface area contributed by atoms with Crippen LogP contribution in [0.3, 0.4) is 0 Å². The van der Waals surface area contributed by atoms with Gasteiger partial charge in [0.25, 0.3) is 0 Å². The Morgan fingerprint density at radius 2 is 2.08 bits per heavy atom. The zero-order valence-electron chi connectivity index (χ0n) is 6.93. The highest BCUT2D eigenvalue weighted by molar-refractivity contribution is 7.84. The molecule has 0 aromatic heterocycles. The van der Waals surface area contributed by atoms with E-state index in [0.717, 1.165) is 4.91 Å². The molecule has 0 fully saturated rings. The SMILES string of the molecule is CC1CC(OC(F)(F)F)=CC=C1S. The lowest BCUT2D eigenvalue weighted by Crippen LogP contribution is -2.15. The molecule has 0 saturated carbocycles. The topological polar surface area (TPSA) is 9.23 Å². The minimum absolute atomic E-state index is 0.00863. The normalized spacial score (nSPS) is 23.6. The molecule has 0 N–H and O–H groups in total. The standard InChI is InChI=1S/C8H9F3OS/c1-5-4-6(2-3-7(5)13)12-8(9,10)11/h2-3,5,13H,4H2,1H3. The summed E-state index contributed by atoms with van der Waals surface area (Å²) in [5, 5.41) is 0. The molecule has 0 heterocycles. The number of allylic oxidation sites excluding steroid dienone is 4. The fourth-order valence-electron chi connectivity index (χ4n) is 1.04. The van der Waals surface area contributed by atoms with E-state index in [0.29, 0.717) is 0 Å². The first-order chi connectivity index (χ1) is 5.88. The van der Waals surface area contributed by atoms with Crippen LogP contribution in [0.15, 0.2) is 22.8 Å². The first-order valence-electron chi connectivity index (χ1n) is 3.74. The summed E-state index contributed by atoms with van der Waals surface area (Å²) in [4.78, 5) is 0.773. The van der Waals surface area contributed by atoms with Gasteiger partial charge in [-0.3, -0.25) is 0 Å². The predicted octanol–water partition coefficient (Wildman–Crippen LogP) is 3.26. The van der Waals surface area contributed by atoms with Crippen molar-refractivity contribution in [2.75, 3.05) is 0 Å². The Bertz CT molecular complexity index is 255. The third-order valence-corrected chi connectivity index (χ3v) is 2.29. The summed E-state index contributed by atoms with van der Waals surface area (Å²) in [6.45, 7) is 1.80. The molecule has 1 nitrogen and oxygen atoms in total. The maximum Gasteiger partial charge on any atom is 0.572 e. The van der Waals surface area contributed by atoms with Crippen molar-refractivity contribution in [2.45, 2.75) is 19.7 Å². The van der Waals surface area contributed by atoms with E-state index in [-0.39, 0.29) is 18.1 Å². The van der Waals surface area contributed by atoms with Crippen LogP contribution in [0.5, 0.6) is 0 Å². The average Bonchev–Trinajstić information content (AvgIpc) is 1.94. The Labute approximate surface area is 79.7 Å². The summed E-state index contributed by atoms with van der Waals surface area (Å²) < 4.78 is 39.1. The highest BCUT2D eigenvalue weighted by Crippen LogP contribution is 2.31. The molecule has 1 aliphatic carbocycles. The zero-order chi connectivity index (χ0) is 10.1. The van der Waals surface area contributed by atoms with E-state index in [9.17, 15) is 13.2 Å². The molecule has 0 aromatic carbocycles. The van der Waals surface area contributed by atoms with Gasteiger partial charge in [-0.2, -0.15) is 0 Å². The molecule has 1 aliphatic rings. The van der Waals surface area contributed by atoms with Crippen molar-refractivity contribution in [1.82, 2.24) is 0 Å². The lowest BCUT2D eigenvalue weighted by Gasteiger charge is -2.19. The van der Waals surface area contributed by atoms with Crippen molar-refractivity contribution in [3.8, 4) is 0 Å². The molecule has 0 bridgehead atoms. The molecule has 13 heavy (non-hydrogen) atoms. The van der Waals surface area contributed by atoms with E-state index in [1.54, 1.807) is 6.92 Å². The van der Waals surface area contributed by atoms with Gasteiger partial charge in [-0.15, -0.1) is 25.8 Å². The summed E-state index contributed by atoms with van der Waals surface area (Å²) in [6, 6.07) is 0. The van der Waals surface area contributed by atoms with Gasteiger partial charge in [0.15, 0.2) is 0 Å². The molecule has 0 aromatic rings. The van der Waals surface area contributed by atoms with Crippen LogP contribution in [0, 0.1) is 5.92 Å². The molecule has 0 saturated heterocycles. The molecule has 74 valence electrons. The second kappa shape index (κ2) is 3.65. The number of hydrogen-bond donors (Lipinski definition) is 1. The van der Waals surface area contributed by atoms with E-state index < -0.39 is 6.36 Å². The van der Waals surface area contributed by atoms with Crippen LogP contribution in [-0.2, 0) is 4.74 Å². The fourth-order valence-corrected chi connectivity index (χ4v) is 1.21. The molecule has 0 amide bonds. The minimum atomic E-state index is -4.59. The van der Waals surface area contributed by atoms with E-state index >= 15 is 0 Å². The maximum atomic E-state index is 11.8. The maximum absolute atomic E-state index is 11.8. The molecule has 1 rings (SSSR count). The second-order valence-electron chi connectivity index (χ2n) is 2.88. The molecule has 1 atom stereocenters. The molecule has 0 aliphatic heterocycles. The van der Waals surface area contributed by atoms with Crippen molar-refractivity contribution in [3.05, 3.63) is 22.8 Å². The summed E-state index contributed by atoms with van der Waals surface area (Å²) in [5.41, 5.74) is 0. The average molecular weight is 210 g/mol. The van der Waals surface area contributed by atoms with Gasteiger partial charge in [0.1, 0.15) is 5.76 Å². The van der Waals surface area contributed by atoms with Gasteiger partial charge in [-0.05, 0) is 23.0 Å². The molecule has 0 radical (unpaired) electrons. The summed E-state index contributed by atoms with van der Waals surface area (Å²) in [7, 11) is 0. The second-order valence-corrected chi connectivity index (χ2v) is 3.39. The lowest BCUT2D eigenvalue weighted by molar-refractivity contribution is -0.306. The molecule has 1 unspecified atom stereocenters. The van der Waals surface area contributed by atoms with E-state index in [1.807, 2.05) is 0 Å². The number of thiol groups is 1. The fraction of sp³-hybridized carbons (Fsp3) is 0.500. The van der Waals surface area contributed by atoms with Gasteiger partial charge < -0.3 is 4.74 Å². The highest BCUT2D eigenvalue weighted by atomic mass is 32.1. The third-order valence-electron chi connectivity index (χ3n) is 1.70. The van der Waals surface area contributed by atoms with Crippen LogP contribution < -0.4 is 0 Å². The number of hydrogen-bond acceptors (Lipinski definition) is 2. The van der Waals surface area contributed by atoms with Crippen LogP contribution in [0.25, 0.3) is 0 Å². The van der Waals surface area contributed by atoms with Gasteiger partial charge >= 0.3 is 6.36 Å². The smallest absolute Gasteiger partial charge is 0.410 e. The molecular formula is C8H9F3OS. The van der Waals surface area contributed by atoms with Gasteiger partial charge in [0, 0.05) is 6.42 Å². The number of halogens is 3. The summed E-state index contributed by atoms with van der Waals surface area (Å²) in [6.07, 6.45) is -1.52. The van der Waals surface area contributed by atoms with Gasteiger partial charge in [0.2, 0.25) is 0 Å². The lowest BCUT2D eigenvalue weighted by atomic mass is 10.0. The summed E-state index contributed by atoms with van der Waals surface area (Å²) >= 11 is 4.09. The highest BCUT2D eigenvalue weighted by Gasteiger charge is 2.32. The quantitative estimate of drug-likeness (QED) is 0.653. The first-order valence-corrected chi connectivity index (χ1v) is 4.18. The van der Waals surface area contributed by atoms with Gasteiger partial charge in [0.05, 0.1) is 0 Å². The molecule has 0 spiro atoms. The predicted molar refractivity (Wildman–Crippen MR) is 46.1 cm³/mol. The third kappa shape index (κ3) is 3.34. The molecular weight excluding hydrogens is 201 g/mol. The largest absolute Gasteiger partial charge is 0.572 e. The number of ether oxygens (including phenoxy) is 1. The van der Waals surface area contributed by atoms with Crippen LogP contribution >= 0.6 is 12.6 Å². The van der Waals surface area contributed by atoms with Crippen molar-refractivity contribution >= 4 is 12.6 Å². The monoisotopic (exact) mass is 210 g/mol. The Kier molecular flexibility index (Phi) is 2.95. The van der Waals surface area contributed by atoms with Crippen molar-refractivity contribution in [2.24, 2.45) is 5.92 Å². The van der Waals surface area contributed by atoms with E-state index in [2.05, 4.69) is 17.4 Å². The first kappa shape index (κ1) is 10.5. The molecule has 5 heteroatoms. The van der Waals surface area contributed by atoms with Gasteiger partial charge in [-0.25, -0.2) is 0 Å². The van der Waals surface area contributed by atoms with Crippen molar-refractivity contribution < 1.29 is 17.9 Å². The van der Waals surface area contributed by atoms with Crippen molar-refractivity contribution in [1.29, 1.82) is 0 Å². The Hall–Kier alpha value is -0.580. The summed E-state index contributed by atoms with van der Waals surface area (Å²) in [5.74, 6) is -0.0662. The Morgan fingerprint density at radius 1 is 1.46 bits per heavy atom. The minimum Gasteiger partial charge on any atom is -0.410 e. The van der Waals surface area contributed by atoms with E-state index in [1.165, 1.54) is 12.2 Å². The Balaban J connectivity index is 2.64. The Morgan fingerprint density at radius 3 is 2.54 bits per heavy atom. The number of alkyl halides is 3. The van der Waals surface area contributed by atoms with Gasteiger partial charge in [-0.1, -0.05) is 6.92 Å².